The van der Waals surface area contributed by atoms with Gasteiger partial charge in [-0.15, -0.1) is 0 Å². The van der Waals surface area contributed by atoms with Crippen LogP contribution in [0.15, 0.2) is 48.5 Å². The van der Waals surface area contributed by atoms with Gasteiger partial charge in [0.25, 0.3) is 0 Å². The number of carbonyl (C=O) groups is 1. The third-order valence-corrected chi connectivity index (χ3v) is 6.50. The van der Waals surface area contributed by atoms with Gasteiger partial charge in [0, 0.05) is 6.07 Å². The zero-order valence-electron chi connectivity index (χ0n) is 20.5. The Labute approximate surface area is 222 Å². The van der Waals surface area contributed by atoms with E-state index >= 15 is 0 Å². The summed E-state index contributed by atoms with van der Waals surface area (Å²) < 4.78 is 22.2. The number of rotatable bonds is 9. The van der Waals surface area contributed by atoms with Gasteiger partial charge < -0.3 is 59.8 Å². The molecule has 2 fully saturated rings. The van der Waals surface area contributed by atoms with Crippen molar-refractivity contribution in [3.63, 3.8) is 0 Å². The molecular weight excluding hydrogens is 520 g/mol. The summed E-state index contributed by atoms with van der Waals surface area (Å²) in [6, 6.07) is 9.84. The molecule has 13 heteroatoms. The first-order valence-corrected chi connectivity index (χ1v) is 12.0. The van der Waals surface area contributed by atoms with Crippen LogP contribution in [0.4, 0.5) is 0 Å². The van der Waals surface area contributed by atoms with E-state index in [0.29, 0.717) is 5.56 Å². The molecule has 2 aromatic carbocycles. The van der Waals surface area contributed by atoms with Crippen LogP contribution in [0.5, 0.6) is 17.2 Å². The molecule has 0 unspecified atom stereocenters. The molecule has 0 bridgehead atoms. The van der Waals surface area contributed by atoms with Crippen LogP contribution in [0.2, 0.25) is 0 Å². The lowest BCUT2D eigenvalue weighted by Crippen LogP contribution is -2.62. The molecule has 0 saturated carbocycles. The largest absolute Gasteiger partial charge is 0.508 e. The van der Waals surface area contributed by atoms with Gasteiger partial charge in [-0.05, 0) is 35.9 Å². The third-order valence-electron chi connectivity index (χ3n) is 6.50. The number of aliphatic hydroxyl groups is 6. The van der Waals surface area contributed by atoms with Crippen LogP contribution in [0.25, 0.3) is 6.08 Å². The van der Waals surface area contributed by atoms with Gasteiger partial charge >= 0.3 is 0 Å². The van der Waals surface area contributed by atoms with E-state index in [1.165, 1.54) is 36.4 Å². The smallest absolute Gasteiger partial charge is 0.229 e. The van der Waals surface area contributed by atoms with E-state index in [2.05, 4.69) is 0 Å². The fourth-order valence-corrected chi connectivity index (χ4v) is 4.14. The minimum Gasteiger partial charge on any atom is -0.508 e. The zero-order valence-corrected chi connectivity index (χ0v) is 20.5. The minimum atomic E-state index is -1.99. The van der Waals surface area contributed by atoms with E-state index in [0.717, 1.165) is 6.07 Å². The van der Waals surface area contributed by atoms with E-state index in [4.69, 9.17) is 18.9 Å². The average molecular weight is 551 g/mol. The number of ketones is 1. The number of carbonyl (C=O) groups excluding carboxylic acids is 1. The molecule has 13 nitrogen and oxygen atoms in total. The number of aromatic hydroxyl groups is 2. The number of hydrogen-bond donors (Lipinski definition) is 8. The predicted molar refractivity (Wildman–Crippen MR) is 131 cm³/mol. The fraction of sp³-hybridized carbons (Fsp3) is 0.423. The summed E-state index contributed by atoms with van der Waals surface area (Å²) in [4.78, 5) is 12.4. The molecule has 2 saturated heterocycles. The lowest BCUT2D eigenvalue weighted by atomic mass is 9.98. The van der Waals surface area contributed by atoms with E-state index in [1.807, 2.05) is 0 Å². The van der Waals surface area contributed by atoms with Crippen molar-refractivity contribution in [2.24, 2.45) is 0 Å². The summed E-state index contributed by atoms with van der Waals surface area (Å²) in [6.45, 7) is -1.91. The van der Waals surface area contributed by atoms with Gasteiger partial charge in [-0.3, -0.25) is 4.79 Å². The topological polar surface area (TPSA) is 216 Å². The van der Waals surface area contributed by atoms with Crippen molar-refractivity contribution in [3.8, 4) is 17.2 Å². The second-order valence-electron chi connectivity index (χ2n) is 9.28. The van der Waals surface area contributed by atoms with Crippen LogP contribution >= 0.6 is 0 Å². The second-order valence-corrected chi connectivity index (χ2v) is 9.28. The Hall–Kier alpha value is -3.11. The van der Waals surface area contributed by atoms with Gasteiger partial charge in [-0.1, -0.05) is 18.2 Å². The van der Waals surface area contributed by atoms with E-state index in [9.17, 15) is 45.6 Å². The number of ether oxygens (including phenoxy) is 4. The van der Waals surface area contributed by atoms with Crippen LogP contribution in [0.3, 0.4) is 0 Å². The van der Waals surface area contributed by atoms with Gasteiger partial charge in [0.1, 0.15) is 47.3 Å². The van der Waals surface area contributed by atoms with Gasteiger partial charge in [-0.2, -0.15) is 0 Å². The Morgan fingerprint density at radius 1 is 1.03 bits per heavy atom. The van der Waals surface area contributed by atoms with Crippen LogP contribution in [-0.2, 0) is 14.2 Å². The molecule has 2 heterocycles. The molecular formula is C26H30O13. The van der Waals surface area contributed by atoms with Crippen LogP contribution < -0.4 is 4.74 Å². The molecule has 0 aliphatic carbocycles. The highest BCUT2D eigenvalue weighted by Crippen LogP contribution is 2.32. The standard InChI is InChI=1S/C26H30O13/c27-10-19-20(32)21(33)22(39-25-23(34)26(35,11-28)12-36-25)24(38-19)37-15-5-1-13(2-6-15)3-8-17(30)16-7-4-14(29)9-18(16)31/h1-9,19-25,27-29,31-35H,10-12H2/t19-,20-,21+,22-,23-,24+,25+,26+/m1/s1. The molecule has 2 aromatic rings. The lowest BCUT2D eigenvalue weighted by Gasteiger charge is -2.42. The van der Waals surface area contributed by atoms with Crippen molar-refractivity contribution in [2.45, 2.75) is 48.7 Å². The Morgan fingerprint density at radius 3 is 2.36 bits per heavy atom. The molecule has 2 aliphatic heterocycles. The molecule has 0 amide bonds. The normalized spacial score (nSPS) is 32.9. The third kappa shape index (κ3) is 6.22. The molecule has 8 atom stereocenters. The molecule has 0 aromatic heterocycles. The molecule has 8 N–H and O–H groups in total. The average Bonchev–Trinajstić information content (AvgIpc) is 3.21. The molecule has 4 rings (SSSR count). The molecule has 0 radical (unpaired) electrons. The van der Waals surface area contributed by atoms with Crippen molar-refractivity contribution in [3.05, 3.63) is 59.7 Å². The van der Waals surface area contributed by atoms with Gasteiger partial charge in [0.15, 0.2) is 18.2 Å². The van der Waals surface area contributed by atoms with E-state index in [1.54, 1.807) is 12.1 Å². The molecule has 212 valence electrons. The Balaban J connectivity index is 1.46. The van der Waals surface area contributed by atoms with Crippen molar-refractivity contribution in [1.29, 1.82) is 0 Å². The van der Waals surface area contributed by atoms with E-state index in [-0.39, 0.29) is 22.8 Å². The predicted octanol–water partition coefficient (Wildman–Crippen LogP) is -1.36. The highest BCUT2D eigenvalue weighted by molar-refractivity contribution is 6.08. The van der Waals surface area contributed by atoms with Crippen molar-refractivity contribution < 1.29 is 64.6 Å². The summed E-state index contributed by atoms with van der Waals surface area (Å²) in [7, 11) is 0. The Bertz CT molecular complexity index is 1170. The lowest BCUT2D eigenvalue weighted by molar-refractivity contribution is -0.318. The first-order valence-electron chi connectivity index (χ1n) is 12.0. The van der Waals surface area contributed by atoms with Crippen LogP contribution in [0.1, 0.15) is 15.9 Å². The monoisotopic (exact) mass is 550 g/mol. The first kappa shape index (κ1) is 28.9. The quantitative estimate of drug-likeness (QED) is 0.134. The number of phenolic OH excluding ortho intramolecular Hbond substituents is 2. The van der Waals surface area contributed by atoms with Gasteiger partial charge in [-0.25, -0.2) is 0 Å². The van der Waals surface area contributed by atoms with Gasteiger partial charge in [0.2, 0.25) is 6.29 Å². The maximum absolute atomic E-state index is 12.4. The van der Waals surface area contributed by atoms with Crippen LogP contribution in [0, 0.1) is 0 Å². The first-order chi connectivity index (χ1) is 18.6. The molecule has 2 aliphatic rings. The molecule has 39 heavy (non-hydrogen) atoms. The summed E-state index contributed by atoms with van der Waals surface area (Å²) in [5, 5.41) is 79.6. The van der Waals surface area contributed by atoms with Crippen molar-refractivity contribution >= 4 is 11.9 Å². The van der Waals surface area contributed by atoms with Crippen molar-refractivity contribution in [2.75, 3.05) is 19.8 Å². The summed E-state index contributed by atoms with van der Waals surface area (Å²) in [5.41, 5.74) is -1.39. The summed E-state index contributed by atoms with van der Waals surface area (Å²) in [5.74, 6) is -0.810. The minimum absolute atomic E-state index is 0.0115. The van der Waals surface area contributed by atoms with Crippen molar-refractivity contribution in [1.82, 2.24) is 0 Å². The number of allylic oxidation sites excluding steroid dienone is 1. The number of benzene rings is 2. The number of hydrogen-bond acceptors (Lipinski definition) is 13. The second kappa shape index (κ2) is 12.0. The van der Waals surface area contributed by atoms with Gasteiger partial charge in [0.05, 0.1) is 25.4 Å². The SMILES string of the molecule is O=C(C=Cc1ccc(O[C@H]2O[C@H](CO)[C@@H](O)[C@H](O)[C@H]2O[C@@H]2OC[C@@](O)(CO)[C@@H]2O)cc1)c1ccc(O)cc1O. The maximum Gasteiger partial charge on any atom is 0.229 e. The maximum atomic E-state index is 12.4. The summed E-state index contributed by atoms with van der Waals surface area (Å²) in [6.07, 6.45) is -7.74. The Kier molecular flexibility index (Phi) is 8.86. The highest BCUT2D eigenvalue weighted by Gasteiger charge is 2.53. The van der Waals surface area contributed by atoms with Crippen LogP contribution in [-0.4, -0.2) is 115 Å². The van der Waals surface area contributed by atoms with E-state index < -0.39 is 74.3 Å². The zero-order chi connectivity index (χ0) is 28.3. The number of phenols is 2. The summed E-state index contributed by atoms with van der Waals surface area (Å²) >= 11 is 0. The fourth-order valence-electron chi connectivity index (χ4n) is 4.14. The number of aliphatic hydroxyl groups excluding tert-OH is 5. The Morgan fingerprint density at radius 2 is 1.74 bits per heavy atom. The highest BCUT2D eigenvalue weighted by atomic mass is 16.8. The molecule has 0 spiro atoms.